The lowest BCUT2D eigenvalue weighted by Gasteiger charge is -2.35. The Kier molecular flexibility index (Phi) is 4.16. The summed E-state index contributed by atoms with van der Waals surface area (Å²) in [6, 6.07) is 6.77. The van der Waals surface area contributed by atoms with Crippen LogP contribution < -0.4 is 0 Å². The van der Waals surface area contributed by atoms with Gasteiger partial charge in [-0.2, -0.15) is 0 Å². The number of rotatable bonds is 2. The zero-order valence-corrected chi connectivity index (χ0v) is 11.7. The summed E-state index contributed by atoms with van der Waals surface area (Å²) in [6.45, 7) is 0.723. The van der Waals surface area contributed by atoms with Crippen molar-refractivity contribution in [2.24, 2.45) is 5.92 Å². The van der Waals surface area contributed by atoms with E-state index in [9.17, 15) is 9.18 Å². The summed E-state index contributed by atoms with van der Waals surface area (Å²) in [6.07, 6.45) is 5.91. The lowest BCUT2D eigenvalue weighted by molar-refractivity contribution is -0.122. The lowest BCUT2D eigenvalue weighted by Crippen LogP contribution is -2.33. The molecule has 1 aromatic rings. The van der Waals surface area contributed by atoms with Crippen LogP contribution in [0.25, 0.3) is 0 Å². The molecule has 1 aliphatic carbocycles. The molecule has 2 nitrogen and oxygen atoms in total. The van der Waals surface area contributed by atoms with E-state index in [1.54, 1.807) is 0 Å². The molecule has 3 heteroatoms. The van der Waals surface area contributed by atoms with Gasteiger partial charge in [0.15, 0.2) is 0 Å². The fourth-order valence-electron chi connectivity index (χ4n) is 3.48. The normalized spacial score (nSPS) is 28.6. The largest absolute Gasteiger partial charge is 0.377 e. The van der Waals surface area contributed by atoms with Crippen LogP contribution in [0.5, 0.6) is 0 Å². The molecular formula is C17H21FO2. The first-order valence-electron chi connectivity index (χ1n) is 7.61. The maximum atomic E-state index is 12.9. The van der Waals surface area contributed by atoms with Crippen LogP contribution >= 0.6 is 0 Å². The minimum atomic E-state index is -0.185. The summed E-state index contributed by atoms with van der Waals surface area (Å²) < 4.78 is 19.0. The van der Waals surface area contributed by atoms with Gasteiger partial charge in [-0.15, -0.1) is 0 Å². The third-order valence-corrected chi connectivity index (χ3v) is 4.77. The van der Waals surface area contributed by atoms with Gasteiger partial charge in [-0.05, 0) is 49.3 Å². The zero-order valence-electron chi connectivity index (χ0n) is 11.7. The van der Waals surface area contributed by atoms with Crippen molar-refractivity contribution in [2.45, 2.75) is 50.5 Å². The van der Waals surface area contributed by atoms with Gasteiger partial charge in [-0.3, -0.25) is 4.79 Å². The number of hydrogen-bond acceptors (Lipinski definition) is 2. The summed E-state index contributed by atoms with van der Waals surface area (Å²) in [7, 11) is 0. The van der Waals surface area contributed by atoms with Gasteiger partial charge in [-0.1, -0.05) is 12.1 Å². The first-order chi connectivity index (χ1) is 9.72. The van der Waals surface area contributed by atoms with Gasteiger partial charge in [0.05, 0.1) is 12.7 Å². The Labute approximate surface area is 119 Å². The number of carbonyl (C=O) groups is 1. The highest BCUT2D eigenvalue weighted by atomic mass is 19.1. The Hall–Kier alpha value is -1.22. The molecule has 2 aliphatic rings. The van der Waals surface area contributed by atoms with Crippen LogP contribution in [0.15, 0.2) is 24.3 Å². The second kappa shape index (κ2) is 6.04. The van der Waals surface area contributed by atoms with E-state index in [0.29, 0.717) is 23.7 Å². The minimum absolute atomic E-state index is 0.185. The molecule has 2 fully saturated rings. The predicted molar refractivity (Wildman–Crippen MR) is 75.1 cm³/mol. The Morgan fingerprint density at radius 1 is 1.00 bits per heavy atom. The number of benzene rings is 1. The van der Waals surface area contributed by atoms with Gasteiger partial charge in [0, 0.05) is 18.8 Å². The molecule has 1 saturated heterocycles. The number of hydrogen-bond donors (Lipinski definition) is 0. The summed E-state index contributed by atoms with van der Waals surface area (Å²) >= 11 is 0. The van der Waals surface area contributed by atoms with Crippen LogP contribution in [0.3, 0.4) is 0 Å². The van der Waals surface area contributed by atoms with Gasteiger partial charge >= 0.3 is 0 Å². The predicted octanol–water partition coefficient (Wildman–Crippen LogP) is 3.85. The topological polar surface area (TPSA) is 26.3 Å². The average molecular weight is 276 g/mol. The summed E-state index contributed by atoms with van der Waals surface area (Å²) in [5.41, 5.74) is 1.17. The van der Waals surface area contributed by atoms with Crippen molar-refractivity contribution < 1.29 is 13.9 Å². The van der Waals surface area contributed by atoms with E-state index in [2.05, 4.69) is 0 Å². The third-order valence-electron chi connectivity index (χ3n) is 4.77. The molecule has 0 bridgehead atoms. The van der Waals surface area contributed by atoms with Crippen molar-refractivity contribution in [3.05, 3.63) is 35.6 Å². The van der Waals surface area contributed by atoms with Gasteiger partial charge in [0.2, 0.25) is 0 Å². The highest BCUT2D eigenvalue weighted by Crippen LogP contribution is 2.35. The molecule has 3 rings (SSSR count). The molecule has 20 heavy (non-hydrogen) atoms. The van der Waals surface area contributed by atoms with Gasteiger partial charge in [-0.25, -0.2) is 4.39 Å². The fourth-order valence-corrected chi connectivity index (χ4v) is 3.48. The highest BCUT2D eigenvalue weighted by Gasteiger charge is 2.31. The first kappa shape index (κ1) is 13.7. The molecular weight excluding hydrogens is 255 g/mol. The monoisotopic (exact) mass is 276 g/mol. The van der Waals surface area contributed by atoms with Crippen LogP contribution in [0.4, 0.5) is 4.39 Å². The molecule has 2 atom stereocenters. The summed E-state index contributed by atoms with van der Waals surface area (Å²) in [4.78, 5) is 11.3. The number of carbonyl (C=O) groups excluding carboxylic acids is 1. The van der Waals surface area contributed by atoms with Crippen molar-refractivity contribution in [2.75, 3.05) is 6.61 Å². The van der Waals surface area contributed by atoms with Crippen molar-refractivity contribution in [1.82, 2.24) is 0 Å². The molecule has 1 heterocycles. The first-order valence-corrected chi connectivity index (χ1v) is 7.61. The minimum Gasteiger partial charge on any atom is -0.377 e. The smallest absolute Gasteiger partial charge is 0.132 e. The van der Waals surface area contributed by atoms with Crippen LogP contribution in [-0.4, -0.2) is 18.5 Å². The van der Waals surface area contributed by atoms with Crippen LogP contribution in [0.1, 0.15) is 50.0 Å². The third kappa shape index (κ3) is 3.09. The van der Waals surface area contributed by atoms with Crippen molar-refractivity contribution in [1.29, 1.82) is 0 Å². The second-order valence-electron chi connectivity index (χ2n) is 6.07. The van der Waals surface area contributed by atoms with E-state index in [4.69, 9.17) is 4.74 Å². The average Bonchev–Trinajstić information content (AvgIpc) is 2.49. The SMILES string of the molecule is O=C1CCC(C2CCC(c3ccc(F)cc3)CO2)CC1. The number of halogens is 1. The van der Waals surface area contributed by atoms with Crippen LogP contribution in [0, 0.1) is 11.7 Å². The Morgan fingerprint density at radius 2 is 1.70 bits per heavy atom. The molecule has 1 aliphatic heterocycles. The van der Waals surface area contributed by atoms with Gasteiger partial charge < -0.3 is 4.74 Å². The molecule has 0 N–H and O–H groups in total. The van der Waals surface area contributed by atoms with E-state index in [1.165, 1.54) is 17.7 Å². The Balaban J connectivity index is 1.54. The molecule has 108 valence electrons. The zero-order chi connectivity index (χ0) is 13.9. The van der Waals surface area contributed by atoms with E-state index in [-0.39, 0.29) is 5.82 Å². The molecule has 1 aromatic carbocycles. The van der Waals surface area contributed by atoms with Gasteiger partial charge in [0.1, 0.15) is 11.6 Å². The maximum absolute atomic E-state index is 12.9. The molecule has 0 spiro atoms. The van der Waals surface area contributed by atoms with Crippen molar-refractivity contribution in [3.8, 4) is 0 Å². The standard InChI is InChI=1S/C17H21FO2/c18-15-6-1-12(2-7-15)14-5-10-17(20-11-14)13-3-8-16(19)9-4-13/h1-2,6-7,13-14,17H,3-5,8-11H2. The van der Waals surface area contributed by atoms with Gasteiger partial charge in [0.25, 0.3) is 0 Å². The maximum Gasteiger partial charge on any atom is 0.132 e. The van der Waals surface area contributed by atoms with Crippen LogP contribution in [0.2, 0.25) is 0 Å². The molecule has 1 saturated carbocycles. The quantitative estimate of drug-likeness (QED) is 0.820. The van der Waals surface area contributed by atoms with E-state index < -0.39 is 0 Å². The van der Waals surface area contributed by atoms with E-state index >= 15 is 0 Å². The number of ketones is 1. The number of ether oxygens (including phenoxy) is 1. The Bertz CT molecular complexity index is 450. The molecule has 0 radical (unpaired) electrons. The van der Waals surface area contributed by atoms with Crippen molar-refractivity contribution >= 4 is 5.78 Å². The molecule has 0 aromatic heterocycles. The van der Waals surface area contributed by atoms with E-state index in [0.717, 1.165) is 45.1 Å². The fraction of sp³-hybridized carbons (Fsp3) is 0.588. The van der Waals surface area contributed by atoms with E-state index in [1.807, 2.05) is 12.1 Å². The Morgan fingerprint density at radius 3 is 2.30 bits per heavy atom. The lowest BCUT2D eigenvalue weighted by atomic mass is 9.80. The second-order valence-corrected chi connectivity index (χ2v) is 6.07. The molecule has 0 amide bonds. The summed E-state index contributed by atoms with van der Waals surface area (Å²) in [5, 5.41) is 0. The highest BCUT2D eigenvalue weighted by molar-refractivity contribution is 5.79. The number of Topliss-reactive ketones (excluding diaryl/α,β-unsaturated/α-hetero) is 1. The molecule has 2 unspecified atom stereocenters. The van der Waals surface area contributed by atoms with Crippen LogP contribution in [-0.2, 0) is 9.53 Å². The summed E-state index contributed by atoms with van der Waals surface area (Å²) in [5.74, 6) is 1.16. The van der Waals surface area contributed by atoms with Crippen molar-refractivity contribution in [3.63, 3.8) is 0 Å².